The van der Waals surface area contributed by atoms with E-state index in [9.17, 15) is 19.5 Å². The zero-order chi connectivity index (χ0) is 24.4. The molecule has 1 N–H and O–H groups in total. The molecule has 2 aromatic carbocycles. The molecule has 0 saturated carbocycles. The minimum atomic E-state index is -1.15. The lowest BCUT2D eigenvalue weighted by Gasteiger charge is -2.11. The van der Waals surface area contributed by atoms with Crippen molar-refractivity contribution < 1.29 is 23.5 Å². The summed E-state index contributed by atoms with van der Waals surface area (Å²) in [6.07, 6.45) is 0.515. The van der Waals surface area contributed by atoms with Gasteiger partial charge in [-0.1, -0.05) is 30.3 Å². The molecule has 0 fully saturated rings. The van der Waals surface area contributed by atoms with Crippen LogP contribution in [0, 0.1) is 20.8 Å². The summed E-state index contributed by atoms with van der Waals surface area (Å²) in [5.41, 5.74) is 4.75. The van der Waals surface area contributed by atoms with Crippen LogP contribution in [0.3, 0.4) is 0 Å². The van der Waals surface area contributed by atoms with Gasteiger partial charge in [0.05, 0.1) is 0 Å². The molecule has 7 heteroatoms. The summed E-state index contributed by atoms with van der Waals surface area (Å²) in [5, 5.41) is 14.9. The van der Waals surface area contributed by atoms with Crippen molar-refractivity contribution in [3.05, 3.63) is 69.3 Å². The van der Waals surface area contributed by atoms with Crippen LogP contribution in [-0.2, 0) is 16.0 Å². The Balaban J connectivity index is 1.69. The van der Waals surface area contributed by atoms with Gasteiger partial charge in [0.15, 0.2) is 0 Å². The van der Waals surface area contributed by atoms with Crippen LogP contribution in [0.4, 0.5) is 0 Å². The summed E-state index contributed by atoms with van der Waals surface area (Å²) >= 11 is 0. The minimum Gasteiger partial charge on any atom is -0.550 e. The maximum Gasteiger partial charge on any atom is 0.339 e. The van der Waals surface area contributed by atoms with E-state index in [1.54, 1.807) is 0 Å². The molecule has 7 nitrogen and oxygen atoms in total. The Morgan fingerprint density at radius 3 is 2.35 bits per heavy atom. The Bertz CT molecular complexity index is 1450. The summed E-state index contributed by atoms with van der Waals surface area (Å²) in [5.74, 6) is -0.609. The van der Waals surface area contributed by atoms with Crippen LogP contribution in [0.5, 0.6) is 0 Å². The SMILES string of the molecule is Cc1oc2c(C)c3oc(=O)c(CCC(=O)NCCCC(=O)[O-])c(C)c3cc2c1-c1ccccc1. The normalized spacial score (nSPS) is 11.3. The third-order valence-electron chi connectivity index (χ3n) is 6.18. The van der Waals surface area contributed by atoms with Crippen molar-refractivity contribution in [2.45, 2.75) is 46.5 Å². The minimum absolute atomic E-state index is 0.101. The third kappa shape index (κ3) is 4.46. The Morgan fingerprint density at radius 1 is 0.941 bits per heavy atom. The van der Waals surface area contributed by atoms with Gasteiger partial charge in [0.2, 0.25) is 5.91 Å². The molecule has 34 heavy (non-hydrogen) atoms. The zero-order valence-corrected chi connectivity index (χ0v) is 19.4. The van der Waals surface area contributed by atoms with Crippen molar-refractivity contribution in [3.63, 3.8) is 0 Å². The molecule has 0 aliphatic rings. The smallest absolute Gasteiger partial charge is 0.339 e. The van der Waals surface area contributed by atoms with Crippen LogP contribution in [0.25, 0.3) is 33.1 Å². The number of carbonyl (C=O) groups is 2. The quantitative estimate of drug-likeness (QED) is 0.317. The molecule has 0 atom stereocenters. The lowest BCUT2D eigenvalue weighted by atomic mass is 9.96. The number of nitrogens with one attached hydrogen (secondary N) is 1. The second-order valence-corrected chi connectivity index (χ2v) is 8.47. The van der Waals surface area contributed by atoms with Crippen LogP contribution < -0.4 is 16.0 Å². The van der Waals surface area contributed by atoms with E-state index in [1.165, 1.54) is 0 Å². The van der Waals surface area contributed by atoms with E-state index in [0.29, 0.717) is 23.2 Å². The lowest BCUT2D eigenvalue weighted by Crippen LogP contribution is -2.28. The molecule has 0 spiro atoms. The van der Waals surface area contributed by atoms with E-state index in [1.807, 2.05) is 57.2 Å². The standard InChI is InChI=1S/C27H27NO6/c1-15-19(11-12-22(29)28-13-7-10-23(30)31)27(32)34-25-16(2)26-21(14-20(15)25)24(17(3)33-26)18-8-5-4-6-9-18/h4-6,8-9,14H,7,10-13H2,1-3H3,(H,28,29)(H,30,31)/p-1. The number of rotatable bonds is 8. The first-order chi connectivity index (χ1) is 16.3. The molecule has 0 radical (unpaired) electrons. The van der Waals surface area contributed by atoms with Crippen molar-refractivity contribution in [3.8, 4) is 11.1 Å². The zero-order valence-electron chi connectivity index (χ0n) is 19.4. The topological polar surface area (TPSA) is 113 Å². The van der Waals surface area contributed by atoms with Gasteiger partial charge in [-0.3, -0.25) is 4.79 Å². The fraction of sp³-hybridized carbons (Fsp3) is 0.296. The fourth-order valence-electron chi connectivity index (χ4n) is 4.41. The van der Waals surface area contributed by atoms with Crippen LogP contribution >= 0.6 is 0 Å². The number of aryl methyl sites for hydroxylation is 3. The van der Waals surface area contributed by atoms with Crippen molar-refractivity contribution >= 4 is 33.8 Å². The van der Waals surface area contributed by atoms with Crippen LogP contribution in [0.2, 0.25) is 0 Å². The van der Waals surface area contributed by atoms with Gasteiger partial charge in [-0.05, 0) is 57.2 Å². The number of carboxylic acids is 1. The number of carboxylic acid groups (broad SMARTS) is 1. The summed E-state index contributed by atoms with van der Waals surface area (Å²) in [7, 11) is 0. The van der Waals surface area contributed by atoms with Gasteiger partial charge in [0.25, 0.3) is 0 Å². The maximum absolute atomic E-state index is 12.8. The third-order valence-corrected chi connectivity index (χ3v) is 6.18. The van der Waals surface area contributed by atoms with Gasteiger partial charge in [0.1, 0.15) is 16.9 Å². The van der Waals surface area contributed by atoms with E-state index < -0.39 is 11.6 Å². The van der Waals surface area contributed by atoms with Gasteiger partial charge in [0, 0.05) is 46.4 Å². The monoisotopic (exact) mass is 460 g/mol. The predicted octanol–water partition coefficient (Wildman–Crippen LogP) is 3.71. The summed E-state index contributed by atoms with van der Waals surface area (Å²) in [6.45, 7) is 5.92. The Morgan fingerprint density at radius 2 is 1.65 bits per heavy atom. The number of hydrogen-bond acceptors (Lipinski definition) is 6. The van der Waals surface area contributed by atoms with Crippen LogP contribution in [0.15, 0.2) is 50.0 Å². The summed E-state index contributed by atoms with van der Waals surface area (Å²) in [4.78, 5) is 35.4. The average Bonchev–Trinajstić information content (AvgIpc) is 3.14. The molecule has 1 amide bonds. The largest absolute Gasteiger partial charge is 0.550 e. The molecule has 2 heterocycles. The molecule has 2 aromatic heterocycles. The number of amides is 1. The molecule has 0 bridgehead atoms. The van der Waals surface area contributed by atoms with Gasteiger partial charge < -0.3 is 24.1 Å². The highest BCUT2D eigenvalue weighted by Gasteiger charge is 2.21. The second-order valence-electron chi connectivity index (χ2n) is 8.47. The lowest BCUT2D eigenvalue weighted by molar-refractivity contribution is -0.305. The maximum atomic E-state index is 12.8. The average molecular weight is 461 g/mol. The van der Waals surface area contributed by atoms with E-state index in [-0.39, 0.29) is 31.7 Å². The molecular formula is C27H26NO6-. The van der Waals surface area contributed by atoms with Crippen LogP contribution in [0.1, 0.15) is 41.7 Å². The van der Waals surface area contributed by atoms with Gasteiger partial charge in [-0.25, -0.2) is 4.79 Å². The Labute approximate surface area is 196 Å². The summed E-state index contributed by atoms with van der Waals surface area (Å²) < 4.78 is 11.8. The molecule has 0 aliphatic heterocycles. The van der Waals surface area contributed by atoms with Gasteiger partial charge in [-0.15, -0.1) is 0 Å². The van der Waals surface area contributed by atoms with Crippen LogP contribution in [-0.4, -0.2) is 18.4 Å². The Hall–Kier alpha value is -3.87. The van der Waals surface area contributed by atoms with Crippen molar-refractivity contribution in [1.29, 1.82) is 0 Å². The van der Waals surface area contributed by atoms with Gasteiger partial charge >= 0.3 is 5.63 Å². The number of fused-ring (bicyclic) bond motifs is 2. The Kier molecular flexibility index (Phi) is 6.54. The highest BCUT2D eigenvalue weighted by atomic mass is 16.4. The first-order valence-corrected chi connectivity index (χ1v) is 11.3. The number of hydrogen-bond donors (Lipinski definition) is 1. The number of aliphatic carboxylic acids is 1. The molecule has 0 saturated heterocycles. The molecule has 0 unspecified atom stereocenters. The summed E-state index contributed by atoms with van der Waals surface area (Å²) in [6, 6.07) is 12.0. The first-order valence-electron chi connectivity index (χ1n) is 11.3. The highest BCUT2D eigenvalue weighted by molar-refractivity contribution is 6.05. The van der Waals surface area contributed by atoms with E-state index in [0.717, 1.165) is 38.8 Å². The predicted molar refractivity (Wildman–Crippen MR) is 127 cm³/mol. The second kappa shape index (κ2) is 9.55. The number of furan rings is 1. The van der Waals surface area contributed by atoms with E-state index in [4.69, 9.17) is 8.83 Å². The molecule has 4 rings (SSSR count). The van der Waals surface area contributed by atoms with Crippen molar-refractivity contribution in [1.82, 2.24) is 5.32 Å². The van der Waals surface area contributed by atoms with E-state index in [2.05, 4.69) is 5.32 Å². The van der Waals surface area contributed by atoms with Crippen molar-refractivity contribution in [2.75, 3.05) is 6.54 Å². The van der Waals surface area contributed by atoms with Gasteiger partial charge in [-0.2, -0.15) is 0 Å². The van der Waals surface area contributed by atoms with Crippen molar-refractivity contribution in [2.24, 2.45) is 0 Å². The molecular weight excluding hydrogens is 434 g/mol. The fourth-order valence-corrected chi connectivity index (χ4v) is 4.41. The molecule has 4 aromatic rings. The number of benzene rings is 2. The number of carbonyl (C=O) groups excluding carboxylic acids is 2. The van der Waals surface area contributed by atoms with E-state index >= 15 is 0 Å². The first kappa shape index (κ1) is 23.3. The highest BCUT2D eigenvalue weighted by Crippen LogP contribution is 2.39. The molecule has 0 aliphatic carbocycles. The molecule has 176 valence electrons.